The smallest absolute Gasteiger partial charge is 0.247 e. The Bertz CT molecular complexity index is 1490. The van der Waals surface area contributed by atoms with E-state index in [0.717, 1.165) is 37.0 Å². The molecule has 0 radical (unpaired) electrons. The molecule has 2 heterocycles. The highest BCUT2D eigenvalue weighted by Crippen LogP contribution is 2.31. The van der Waals surface area contributed by atoms with Gasteiger partial charge in [-0.2, -0.15) is 4.80 Å². The van der Waals surface area contributed by atoms with Gasteiger partial charge in [0, 0.05) is 16.5 Å². The third kappa shape index (κ3) is 6.93. The summed E-state index contributed by atoms with van der Waals surface area (Å²) in [6.07, 6.45) is 5.02. The van der Waals surface area contributed by atoms with Crippen molar-refractivity contribution in [2.45, 2.75) is 57.3 Å². The third-order valence-corrected chi connectivity index (χ3v) is 8.16. The molecule has 4 aromatic rings. The van der Waals surface area contributed by atoms with Crippen LogP contribution in [-0.2, 0) is 22.7 Å². The summed E-state index contributed by atoms with van der Waals surface area (Å²) in [6.45, 7) is -0.0616. The Morgan fingerprint density at radius 3 is 2.52 bits per heavy atom. The van der Waals surface area contributed by atoms with Crippen LogP contribution in [0.3, 0.4) is 0 Å². The first-order chi connectivity index (χ1) is 20.4. The number of amides is 2. The Kier molecular flexibility index (Phi) is 9.42. The van der Waals surface area contributed by atoms with Crippen LogP contribution < -0.4 is 14.8 Å². The van der Waals surface area contributed by atoms with Crippen LogP contribution in [0.5, 0.6) is 11.5 Å². The standard InChI is InChI=1S/C30H33FN6O4S/c1-40-25-15-12-21(17-26(25)41-2)29-33-35-37(34-29)19-27(38)36(18-24-9-6-16-42-24)28(20-10-13-22(31)14-11-20)30(39)32-23-7-4-3-5-8-23/h6,9-17,23,28H,3-5,7-8,18-19H2,1-2H3,(H,32,39)/t28-/m1/s1. The van der Waals surface area contributed by atoms with E-state index in [2.05, 4.69) is 20.7 Å². The lowest BCUT2D eigenvalue weighted by atomic mass is 9.94. The van der Waals surface area contributed by atoms with Crippen LogP contribution in [0.25, 0.3) is 11.4 Å². The molecule has 0 aliphatic heterocycles. The number of tetrazole rings is 1. The van der Waals surface area contributed by atoms with Crippen molar-refractivity contribution in [3.63, 3.8) is 0 Å². The van der Waals surface area contributed by atoms with Gasteiger partial charge in [-0.05, 0) is 65.4 Å². The first kappa shape index (κ1) is 29.2. The molecular weight excluding hydrogens is 559 g/mol. The summed E-state index contributed by atoms with van der Waals surface area (Å²) < 4.78 is 24.6. The highest BCUT2D eigenvalue weighted by atomic mass is 32.1. The molecule has 0 spiro atoms. The summed E-state index contributed by atoms with van der Waals surface area (Å²) in [5.74, 6) is 0.278. The highest BCUT2D eigenvalue weighted by molar-refractivity contribution is 7.09. The van der Waals surface area contributed by atoms with Crippen molar-refractivity contribution in [2.75, 3.05) is 14.2 Å². The molecule has 1 fully saturated rings. The fourth-order valence-corrected chi connectivity index (χ4v) is 5.85. The van der Waals surface area contributed by atoms with E-state index in [9.17, 15) is 14.0 Å². The minimum absolute atomic E-state index is 0.0360. The normalized spacial score (nSPS) is 14.3. The molecular formula is C30H33FN6O4S. The molecule has 42 heavy (non-hydrogen) atoms. The van der Waals surface area contributed by atoms with Crippen molar-refractivity contribution in [1.29, 1.82) is 0 Å². The molecule has 2 aromatic carbocycles. The molecule has 220 valence electrons. The van der Waals surface area contributed by atoms with Crippen molar-refractivity contribution in [1.82, 2.24) is 30.4 Å². The first-order valence-corrected chi connectivity index (χ1v) is 14.7. The Labute approximate surface area is 247 Å². The van der Waals surface area contributed by atoms with Gasteiger partial charge >= 0.3 is 0 Å². The lowest BCUT2D eigenvalue weighted by Crippen LogP contribution is -2.47. The Balaban J connectivity index is 1.43. The molecule has 2 amide bonds. The molecule has 2 aromatic heterocycles. The van der Waals surface area contributed by atoms with Crippen LogP contribution in [-0.4, -0.2) is 57.2 Å². The van der Waals surface area contributed by atoms with Gasteiger partial charge < -0.3 is 19.7 Å². The van der Waals surface area contributed by atoms with Gasteiger partial charge in [-0.1, -0.05) is 37.5 Å². The fourth-order valence-electron chi connectivity index (χ4n) is 5.15. The van der Waals surface area contributed by atoms with Crippen molar-refractivity contribution >= 4 is 23.2 Å². The van der Waals surface area contributed by atoms with E-state index in [1.54, 1.807) is 37.4 Å². The fraction of sp³-hybridized carbons (Fsp3) is 0.367. The number of thiophene rings is 1. The molecule has 1 saturated carbocycles. The largest absolute Gasteiger partial charge is 0.493 e. The number of hydrogen-bond acceptors (Lipinski definition) is 8. The predicted octanol–water partition coefficient (Wildman–Crippen LogP) is 4.78. The Morgan fingerprint density at radius 1 is 1.07 bits per heavy atom. The topological polar surface area (TPSA) is 111 Å². The van der Waals surface area contributed by atoms with Crippen LogP contribution in [0, 0.1) is 5.82 Å². The number of hydrogen-bond donors (Lipinski definition) is 1. The number of nitrogens with one attached hydrogen (secondary N) is 1. The average molecular weight is 593 g/mol. The highest BCUT2D eigenvalue weighted by Gasteiger charge is 2.33. The molecule has 0 saturated heterocycles. The molecule has 1 aliphatic carbocycles. The van der Waals surface area contributed by atoms with Crippen molar-refractivity contribution in [3.8, 4) is 22.9 Å². The average Bonchev–Trinajstić information content (AvgIpc) is 3.70. The second-order valence-electron chi connectivity index (χ2n) is 10.1. The van der Waals surface area contributed by atoms with Gasteiger partial charge in [0.15, 0.2) is 11.5 Å². The van der Waals surface area contributed by atoms with E-state index < -0.39 is 11.9 Å². The number of methoxy groups -OCH3 is 2. The van der Waals surface area contributed by atoms with Crippen LogP contribution in [0.1, 0.15) is 48.6 Å². The number of halogens is 1. The zero-order valence-corrected chi connectivity index (χ0v) is 24.3. The summed E-state index contributed by atoms with van der Waals surface area (Å²) in [4.78, 5) is 31.4. The molecule has 0 unspecified atom stereocenters. The number of aromatic nitrogens is 4. The van der Waals surface area contributed by atoms with E-state index >= 15 is 0 Å². The molecule has 10 nitrogen and oxygen atoms in total. The van der Waals surface area contributed by atoms with Crippen molar-refractivity contribution in [2.24, 2.45) is 0 Å². The van der Waals surface area contributed by atoms with Crippen molar-refractivity contribution in [3.05, 3.63) is 76.2 Å². The lowest BCUT2D eigenvalue weighted by Gasteiger charge is -2.33. The second-order valence-corrected chi connectivity index (χ2v) is 11.1. The van der Waals surface area contributed by atoms with Gasteiger partial charge in [0.05, 0.1) is 20.8 Å². The number of benzene rings is 2. The zero-order chi connectivity index (χ0) is 29.5. The molecule has 5 rings (SSSR count). The number of carbonyl (C=O) groups is 2. The lowest BCUT2D eigenvalue weighted by molar-refractivity contribution is -0.142. The monoisotopic (exact) mass is 592 g/mol. The van der Waals surface area contributed by atoms with Crippen LogP contribution in [0.4, 0.5) is 4.39 Å². The van der Waals surface area contributed by atoms with Crippen LogP contribution in [0.15, 0.2) is 60.0 Å². The first-order valence-electron chi connectivity index (χ1n) is 13.8. The second kappa shape index (κ2) is 13.6. The summed E-state index contributed by atoms with van der Waals surface area (Å²) in [7, 11) is 3.09. The maximum Gasteiger partial charge on any atom is 0.247 e. The summed E-state index contributed by atoms with van der Waals surface area (Å²) in [5, 5.41) is 17.7. The minimum Gasteiger partial charge on any atom is -0.493 e. The number of nitrogens with zero attached hydrogens (tertiary/aromatic N) is 5. The maximum atomic E-state index is 14.0. The maximum absolute atomic E-state index is 14.0. The SMILES string of the molecule is COc1ccc(-c2nnn(CC(=O)N(Cc3cccs3)[C@@H](C(=O)NC3CCCCC3)c3ccc(F)cc3)n2)cc1OC. The number of rotatable bonds is 11. The van der Waals surface area contributed by atoms with E-state index in [-0.39, 0.29) is 30.9 Å². The van der Waals surface area contributed by atoms with Gasteiger partial charge in [-0.25, -0.2) is 4.39 Å². The summed E-state index contributed by atoms with van der Waals surface area (Å²) >= 11 is 1.49. The van der Waals surface area contributed by atoms with Gasteiger partial charge in [-0.3, -0.25) is 9.59 Å². The summed E-state index contributed by atoms with van der Waals surface area (Å²) in [6, 6.07) is 13.8. The van der Waals surface area contributed by atoms with Crippen LogP contribution >= 0.6 is 11.3 Å². The predicted molar refractivity (Wildman–Crippen MR) is 155 cm³/mol. The van der Waals surface area contributed by atoms with E-state index in [1.165, 1.54) is 40.3 Å². The molecule has 12 heteroatoms. The van der Waals surface area contributed by atoms with Gasteiger partial charge in [0.2, 0.25) is 17.6 Å². The number of carbonyl (C=O) groups excluding carboxylic acids is 2. The van der Waals surface area contributed by atoms with Crippen LogP contribution in [0.2, 0.25) is 0 Å². The quantitative estimate of drug-likeness (QED) is 0.267. The zero-order valence-electron chi connectivity index (χ0n) is 23.5. The van der Waals surface area contributed by atoms with Crippen molar-refractivity contribution < 1.29 is 23.5 Å². The third-order valence-electron chi connectivity index (χ3n) is 7.30. The van der Waals surface area contributed by atoms with E-state index in [4.69, 9.17) is 9.47 Å². The van der Waals surface area contributed by atoms with Gasteiger partial charge in [0.25, 0.3) is 0 Å². The molecule has 1 atom stereocenters. The summed E-state index contributed by atoms with van der Waals surface area (Å²) in [5.41, 5.74) is 1.16. The Hall–Kier alpha value is -4.32. The Morgan fingerprint density at radius 2 is 1.83 bits per heavy atom. The minimum atomic E-state index is -0.976. The molecule has 1 N–H and O–H groups in total. The molecule has 1 aliphatic rings. The molecule has 0 bridgehead atoms. The number of ether oxygens (including phenoxy) is 2. The van der Waals surface area contributed by atoms with E-state index in [1.807, 2.05) is 17.5 Å². The van der Waals surface area contributed by atoms with E-state index in [0.29, 0.717) is 28.5 Å². The van der Waals surface area contributed by atoms with Gasteiger partial charge in [-0.15, -0.1) is 21.5 Å². The van der Waals surface area contributed by atoms with Gasteiger partial charge in [0.1, 0.15) is 18.4 Å².